The second-order valence-electron chi connectivity index (χ2n) is 6.65. The Bertz CT molecular complexity index is 1110. The molecule has 2 aromatic heterocycles. The topological polar surface area (TPSA) is 80.2 Å². The first kappa shape index (κ1) is 18.6. The molecule has 4 rings (SSSR count). The number of amides is 1. The number of halogens is 1. The Balaban J connectivity index is 1.62. The second kappa shape index (κ2) is 8.10. The van der Waals surface area contributed by atoms with Crippen LogP contribution >= 0.6 is 0 Å². The molecule has 1 aromatic carbocycles. The molecule has 146 valence electrons. The minimum atomic E-state index is -0.705. The molecule has 1 fully saturated rings. The molecule has 8 heteroatoms. The summed E-state index contributed by atoms with van der Waals surface area (Å²) >= 11 is 0. The molecule has 1 amide bonds. The van der Waals surface area contributed by atoms with Gasteiger partial charge in [0, 0.05) is 30.2 Å². The lowest BCUT2D eigenvalue weighted by molar-refractivity contribution is 0.142. The van der Waals surface area contributed by atoms with Crippen molar-refractivity contribution in [1.82, 2.24) is 19.9 Å². The third-order valence-electron chi connectivity index (χ3n) is 4.69. The number of fused-ring (bicyclic) bond motifs is 1. The number of pyridine rings is 1. The fourth-order valence-corrected chi connectivity index (χ4v) is 3.18. The molecule has 0 spiro atoms. The van der Waals surface area contributed by atoms with Crippen molar-refractivity contribution in [3.63, 3.8) is 0 Å². The van der Waals surface area contributed by atoms with E-state index in [9.17, 15) is 9.18 Å². The van der Waals surface area contributed by atoms with Crippen LogP contribution in [0, 0.1) is 18.3 Å². The number of terminal acetylenes is 1. The van der Waals surface area contributed by atoms with E-state index in [1.165, 1.54) is 18.6 Å². The summed E-state index contributed by atoms with van der Waals surface area (Å²) in [5.41, 5.74) is 1.14. The maximum absolute atomic E-state index is 14.1. The largest absolute Gasteiger partial charge is 0.415 e. The van der Waals surface area contributed by atoms with Crippen molar-refractivity contribution < 1.29 is 13.9 Å². The number of aromatic nitrogens is 3. The van der Waals surface area contributed by atoms with Crippen molar-refractivity contribution in [3.05, 3.63) is 48.3 Å². The van der Waals surface area contributed by atoms with E-state index in [-0.39, 0.29) is 11.8 Å². The van der Waals surface area contributed by atoms with Crippen LogP contribution in [0.1, 0.15) is 24.8 Å². The van der Waals surface area contributed by atoms with E-state index in [0.29, 0.717) is 41.1 Å². The average molecular weight is 391 g/mol. The quantitative estimate of drug-likeness (QED) is 0.539. The molecule has 0 aliphatic carbocycles. The third kappa shape index (κ3) is 4.09. The number of rotatable bonds is 3. The Morgan fingerprint density at radius 3 is 2.79 bits per heavy atom. The number of carbonyl (C=O) groups excluding carboxylic acids is 1. The van der Waals surface area contributed by atoms with Crippen LogP contribution in [0.3, 0.4) is 0 Å². The molecule has 3 aromatic rings. The molecule has 1 aliphatic heterocycles. The number of ether oxygens (including phenoxy) is 1. The van der Waals surface area contributed by atoms with Crippen molar-refractivity contribution in [2.24, 2.45) is 0 Å². The van der Waals surface area contributed by atoms with Crippen LogP contribution < -0.4 is 10.1 Å². The fourth-order valence-electron chi connectivity index (χ4n) is 3.18. The van der Waals surface area contributed by atoms with Gasteiger partial charge in [0.15, 0.2) is 0 Å². The normalized spacial score (nSPS) is 13.7. The summed E-state index contributed by atoms with van der Waals surface area (Å²) < 4.78 is 19.6. The molecule has 29 heavy (non-hydrogen) atoms. The number of piperidine rings is 1. The van der Waals surface area contributed by atoms with E-state index in [2.05, 4.69) is 26.2 Å². The summed E-state index contributed by atoms with van der Waals surface area (Å²) in [6.07, 6.45) is 10.7. The van der Waals surface area contributed by atoms with Gasteiger partial charge in [-0.15, -0.1) is 6.42 Å². The maximum Gasteiger partial charge on any atom is 0.415 e. The predicted octanol–water partition coefficient (Wildman–Crippen LogP) is 3.87. The number of hydrogen-bond donors (Lipinski definition) is 1. The first-order valence-corrected chi connectivity index (χ1v) is 9.25. The molecular formula is C21H18FN5O2. The molecule has 0 saturated carbocycles. The summed E-state index contributed by atoms with van der Waals surface area (Å²) in [6.45, 7) is 1.39. The number of benzene rings is 1. The Morgan fingerprint density at radius 1 is 1.17 bits per heavy atom. The van der Waals surface area contributed by atoms with Gasteiger partial charge < -0.3 is 15.0 Å². The minimum absolute atomic E-state index is 0.0937. The molecule has 1 N–H and O–H groups in total. The number of carbonyl (C=O) groups is 1. The Hall–Kier alpha value is -3.73. The second-order valence-corrected chi connectivity index (χ2v) is 6.65. The van der Waals surface area contributed by atoms with Crippen LogP contribution in [0.2, 0.25) is 0 Å². The van der Waals surface area contributed by atoms with E-state index in [1.807, 2.05) is 0 Å². The molecule has 0 atom stereocenters. The number of nitrogens with one attached hydrogen (secondary N) is 1. The van der Waals surface area contributed by atoms with Gasteiger partial charge in [-0.05, 0) is 43.5 Å². The highest BCUT2D eigenvalue weighted by molar-refractivity contribution is 5.92. The number of hydrogen-bond acceptors (Lipinski definition) is 6. The lowest BCUT2D eigenvalue weighted by atomic mass is 10.1. The zero-order valence-electron chi connectivity index (χ0n) is 15.6. The van der Waals surface area contributed by atoms with Crippen LogP contribution in [0.15, 0.2) is 36.8 Å². The Kier molecular flexibility index (Phi) is 5.20. The minimum Gasteiger partial charge on any atom is -0.410 e. The molecule has 1 saturated heterocycles. The molecule has 0 unspecified atom stereocenters. The van der Waals surface area contributed by atoms with Crippen LogP contribution in [0.5, 0.6) is 5.75 Å². The highest BCUT2D eigenvalue weighted by atomic mass is 19.1. The molecule has 0 radical (unpaired) electrons. The van der Waals surface area contributed by atoms with Crippen LogP contribution in [-0.2, 0) is 0 Å². The van der Waals surface area contributed by atoms with Gasteiger partial charge in [-0.1, -0.05) is 5.92 Å². The van der Waals surface area contributed by atoms with Crippen molar-refractivity contribution in [2.45, 2.75) is 19.3 Å². The van der Waals surface area contributed by atoms with Crippen molar-refractivity contribution >= 4 is 28.5 Å². The molecule has 1 aliphatic rings. The zero-order valence-corrected chi connectivity index (χ0v) is 15.6. The van der Waals surface area contributed by atoms with E-state index < -0.39 is 5.95 Å². The lowest BCUT2D eigenvalue weighted by Gasteiger charge is -2.25. The SMILES string of the molecule is C#Cc1cnc(F)c(Nc2ncnc3ccc(OC(=O)N4CCCCC4)cc23)c1. The summed E-state index contributed by atoms with van der Waals surface area (Å²) in [5.74, 6) is 2.42. The van der Waals surface area contributed by atoms with Gasteiger partial charge in [0.05, 0.1) is 11.2 Å². The number of likely N-dealkylation sites (tertiary alicyclic amines) is 1. The van der Waals surface area contributed by atoms with E-state index in [0.717, 1.165) is 19.3 Å². The standard InChI is InChI=1S/C21H18FN5O2/c1-2-14-10-18(19(22)23-12-14)26-20-16-11-15(6-7-17(16)24-13-25-20)29-21(28)27-8-4-3-5-9-27/h1,6-7,10-13H,3-5,8-9H2,(H,24,25,26). The molecular weight excluding hydrogens is 373 g/mol. The zero-order chi connectivity index (χ0) is 20.2. The first-order valence-electron chi connectivity index (χ1n) is 9.25. The van der Waals surface area contributed by atoms with Crippen molar-refractivity contribution in [3.8, 4) is 18.1 Å². The van der Waals surface area contributed by atoms with Crippen molar-refractivity contribution in [1.29, 1.82) is 0 Å². The highest BCUT2D eigenvalue weighted by Crippen LogP contribution is 2.28. The summed E-state index contributed by atoms with van der Waals surface area (Å²) in [4.78, 5) is 26.1. The van der Waals surface area contributed by atoms with Crippen LogP contribution in [0.25, 0.3) is 10.9 Å². The van der Waals surface area contributed by atoms with Gasteiger partial charge in [0.25, 0.3) is 0 Å². The van der Waals surface area contributed by atoms with Crippen LogP contribution in [0.4, 0.5) is 20.7 Å². The third-order valence-corrected chi connectivity index (χ3v) is 4.69. The summed E-state index contributed by atoms with van der Waals surface area (Å²) in [6, 6.07) is 6.50. The highest BCUT2D eigenvalue weighted by Gasteiger charge is 2.19. The van der Waals surface area contributed by atoms with Gasteiger partial charge in [0.2, 0.25) is 5.95 Å². The maximum atomic E-state index is 14.1. The molecule has 7 nitrogen and oxygen atoms in total. The Labute approximate surface area is 166 Å². The lowest BCUT2D eigenvalue weighted by Crippen LogP contribution is -2.37. The first-order chi connectivity index (χ1) is 14.1. The Morgan fingerprint density at radius 2 is 2.00 bits per heavy atom. The van der Waals surface area contributed by atoms with Crippen molar-refractivity contribution in [2.75, 3.05) is 18.4 Å². The van der Waals surface area contributed by atoms with Crippen LogP contribution in [-0.4, -0.2) is 39.0 Å². The number of nitrogens with zero attached hydrogens (tertiary/aromatic N) is 4. The predicted molar refractivity (Wildman–Crippen MR) is 106 cm³/mol. The number of anilines is 2. The van der Waals surface area contributed by atoms with E-state index in [1.54, 1.807) is 23.1 Å². The van der Waals surface area contributed by atoms with Gasteiger partial charge in [-0.2, -0.15) is 4.39 Å². The average Bonchev–Trinajstić information content (AvgIpc) is 2.76. The smallest absolute Gasteiger partial charge is 0.410 e. The van der Waals surface area contributed by atoms with Gasteiger partial charge in [-0.25, -0.2) is 19.7 Å². The fraction of sp³-hybridized carbons (Fsp3) is 0.238. The molecule has 3 heterocycles. The van der Waals surface area contributed by atoms with E-state index in [4.69, 9.17) is 11.2 Å². The summed E-state index contributed by atoms with van der Waals surface area (Å²) in [5, 5.41) is 3.47. The molecule has 0 bridgehead atoms. The van der Waals surface area contributed by atoms with E-state index >= 15 is 0 Å². The van der Waals surface area contributed by atoms with Gasteiger partial charge >= 0.3 is 6.09 Å². The monoisotopic (exact) mass is 391 g/mol. The van der Waals surface area contributed by atoms with Gasteiger partial charge in [0.1, 0.15) is 17.9 Å². The van der Waals surface area contributed by atoms with Gasteiger partial charge in [-0.3, -0.25) is 0 Å². The summed E-state index contributed by atoms with van der Waals surface area (Å²) in [7, 11) is 0.